The van der Waals surface area contributed by atoms with Gasteiger partial charge in [0.1, 0.15) is 0 Å². The second-order valence-electron chi connectivity index (χ2n) is 7.87. The van der Waals surface area contributed by atoms with Gasteiger partial charge < -0.3 is 9.80 Å². The summed E-state index contributed by atoms with van der Waals surface area (Å²) < 4.78 is 39.2. The number of halogens is 3. The molecule has 1 aromatic heterocycles. The molecule has 1 aliphatic rings. The summed E-state index contributed by atoms with van der Waals surface area (Å²) in [5, 5.41) is 2.94. The van der Waals surface area contributed by atoms with Crippen LogP contribution in [0.3, 0.4) is 0 Å². The Hall–Kier alpha value is -3.61. The number of alkyl halides is 3. The first-order valence-electron chi connectivity index (χ1n) is 10.4. The maximum Gasteiger partial charge on any atom is 0.416 e. The van der Waals surface area contributed by atoms with Crippen LogP contribution in [0.2, 0.25) is 0 Å². The summed E-state index contributed by atoms with van der Waals surface area (Å²) in [7, 11) is 0. The Bertz CT molecular complexity index is 1310. The molecule has 1 saturated heterocycles. The molecule has 7 heteroatoms. The smallest absolute Gasteiger partial charge is 0.368 e. The largest absolute Gasteiger partial charge is 0.416 e. The van der Waals surface area contributed by atoms with Gasteiger partial charge >= 0.3 is 6.18 Å². The van der Waals surface area contributed by atoms with Gasteiger partial charge in [0, 0.05) is 43.4 Å². The minimum absolute atomic E-state index is 0.108. The number of hydrogen-bond donors (Lipinski definition) is 0. The van der Waals surface area contributed by atoms with E-state index in [4.69, 9.17) is 0 Å². The fourth-order valence-corrected chi connectivity index (χ4v) is 4.31. The molecule has 162 valence electrons. The van der Waals surface area contributed by atoms with Crippen LogP contribution in [0, 0.1) is 0 Å². The maximum atomic E-state index is 13.4. The lowest BCUT2D eigenvalue weighted by Gasteiger charge is -2.36. The van der Waals surface area contributed by atoms with Crippen molar-refractivity contribution < 1.29 is 18.0 Å². The van der Waals surface area contributed by atoms with E-state index in [1.165, 1.54) is 6.07 Å². The van der Waals surface area contributed by atoms with Gasteiger partial charge in [0.25, 0.3) is 5.91 Å². The van der Waals surface area contributed by atoms with Crippen LogP contribution in [-0.4, -0.2) is 42.0 Å². The molecule has 0 bridgehead atoms. The van der Waals surface area contributed by atoms with Gasteiger partial charge in [-0.2, -0.15) is 13.2 Å². The molecule has 2 heterocycles. The molecule has 5 rings (SSSR count). The average Bonchev–Trinajstić information content (AvgIpc) is 2.83. The second-order valence-corrected chi connectivity index (χ2v) is 7.87. The normalized spacial score (nSPS) is 14.8. The molecule has 0 unspecified atom stereocenters. The van der Waals surface area contributed by atoms with E-state index in [2.05, 4.69) is 4.98 Å². The second kappa shape index (κ2) is 7.82. The molecule has 0 spiro atoms. The summed E-state index contributed by atoms with van der Waals surface area (Å²) in [5.41, 5.74) is 1.07. The molecule has 4 aromatic rings. The lowest BCUT2D eigenvalue weighted by molar-refractivity contribution is -0.137. The molecule has 1 aliphatic heterocycles. The van der Waals surface area contributed by atoms with Gasteiger partial charge in [-0.3, -0.25) is 9.78 Å². The van der Waals surface area contributed by atoms with Crippen LogP contribution in [-0.2, 0) is 6.18 Å². The first-order valence-corrected chi connectivity index (χ1v) is 10.4. The van der Waals surface area contributed by atoms with E-state index in [9.17, 15) is 18.0 Å². The predicted molar refractivity (Wildman–Crippen MR) is 119 cm³/mol. The minimum Gasteiger partial charge on any atom is -0.368 e. The minimum atomic E-state index is -4.38. The molecule has 0 saturated carbocycles. The van der Waals surface area contributed by atoms with Crippen molar-refractivity contribution in [1.29, 1.82) is 0 Å². The number of aromatic nitrogens is 1. The van der Waals surface area contributed by atoms with Gasteiger partial charge in [-0.1, -0.05) is 36.4 Å². The molecule has 3 aromatic carbocycles. The Kier molecular flexibility index (Phi) is 4.96. The van der Waals surface area contributed by atoms with Gasteiger partial charge in [-0.05, 0) is 41.1 Å². The summed E-state index contributed by atoms with van der Waals surface area (Å²) >= 11 is 0. The third kappa shape index (κ3) is 3.64. The fourth-order valence-electron chi connectivity index (χ4n) is 4.31. The quantitative estimate of drug-likeness (QED) is 0.397. The van der Waals surface area contributed by atoms with E-state index in [1.54, 1.807) is 17.2 Å². The van der Waals surface area contributed by atoms with Gasteiger partial charge in [-0.15, -0.1) is 0 Å². The van der Waals surface area contributed by atoms with E-state index in [-0.39, 0.29) is 5.91 Å². The maximum absolute atomic E-state index is 13.4. The van der Waals surface area contributed by atoms with Gasteiger partial charge in [-0.25, -0.2) is 0 Å². The van der Waals surface area contributed by atoms with Crippen LogP contribution in [0.25, 0.3) is 21.7 Å². The summed E-state index contributed by atoms with van der Waals surface area (Å²) in [5.74, 6) is -0.108. The van der Waals surface area contributed by atoms with Crippen molar-refractivity contribution >= 4 is 33.3 Å². The van der Waals surface area contributed by atoms with Gasteiger partial charge in [0.2, 0.25) is 0 Å². The Morgan fingerprint density at radius 3 is 2.38 bits per heavy atom. The van der Waals surface area contributed by atoms with Crippen molar-refractivity contribution in [3.8, 4) is 0 Å². The third-order valence-electron chi connectivity index (χ3n) is 5.95. The molecule has 4 nitrogen and oxygen atoms in total. The van der Waals surface area contributed by atoms with Crippen molar-refractivity contribution in [2.45, 2.75) is 6.18 Å². The Labute approximate surface area is 182 Å². The fraction of sp³-hybridized carbons (Fsp3) is 0.200. The Morgan fingerprint density at radius 1 is 0.844 bits per heavy atom. The van der Waals surface area contributed by atoms with Crippen molar-refractivity contribution in [2.75, 3.05) is 31.1 Å². The predicted octanol–water partition coefficient (Wildman–Crippen LogP) is 5.37. The van der Waals surface area contributed by atoms with E-state index in [1.807, 2.05) is 47.4 Å². The van der Waals surface area contributed by atoms with Crippen LogP contribution >= 0.6 is 0 Å². The molecule has 0 aliphatic carbocycles. The molecular formula is C25H20F3N3O. The number of nitrogens with zero attached hydrogens (tertiary/aromatic N) is 3. The molecule has 32 heavy (non-hydrogen) atoms. The van der Waals surface area contributed by atoms with Crippen molar-refractivity contribution in [3.05, 3.63) is 84.1 Å². The number of piperazine rings is 1. The van der Waals surface area contributed by atoms with Gasteiger partial charge in [0.05, 0.1) is 16.6 Å². The summed E-state index contributed by atoms with van der Waals surface area (Å²) in [6, 6.07) is 18.9. The molecular weight excluding hydrogens is 415 g/mol. The lowest BCUT2D eigenvalue weighted by atomic mass is 10.00. The van der Waals surface area contributed by atoms with Crippen molar-refractivity contribution in [2.24, 2.45) is 0 Å². The number of pyridine rings is 1. The van der Waals surface area contributed by atoms with Crippen molar-refractivity contribution in [1.82, 2.24) is 9.88 Å². The third-order valence-corrected chi connectivity index (χ3v) is 5.95. The van der Waals surface area contributed by atoms with Crippen LogP contribution in [0.15, 0.2) is 72.9 Å². The highest BCUT2D eigenvalue weighted by Gasteiger charge is 2.31. The monoisotopic (exact) mass is 435 g/mol. The van der Waals surface area contributed by atoms with Crippen LogP contribution < -0.4 is 4.90 Å². The van der Waals surface area contributed by atoms with E-state index >= 15 is 0 Å². The zero-order chi connectivity index (χ0) is 22.3. The highest BCUT2D eigenvalue weighted by atomic mass is 19.4. The highest BCUT2D eigenvalue weighted by molar-refractivity contribution is 6.15. The number of benzene rings is 3. The van der Waals surface area contributed by atoms with Crippen LogP contribution in [0.1, 0.15) is 15.9 Å². The summed E-state index contributed by atoms with van der Waals surface area (Å²) in [6.45, 7) is 1.78. The first kappa shape index (κ1) is 20.3. The van der Waals surface area contributed by atoms with E-state index in [0.29, 0.717) is 42.9 Å². The van der Waals surface area contributed by atoms with Gasteiger partial charge in [0.15, 0.2) is 0 Å². The number of hydrogen-bond acceptors (Lipinski definition) is 3. The molecule has 0 radical (unpaired) electrons. The number of carbonyl (C=O) groups is 1. The first-order chi connectivity index (χ1) is 15.4. The molecule has 1 amide bonds. The van der Waals surface area contributed by atoms with Crippen LogP contribution in [0.5, 0.6) is 0 Å². The van der Waals surface area contributed by atoms with E-state index in [0.717, 1.165) is 28.3 Å². The molecule has 0 N–H and O–H groups in total. The molecule has 1 fully saturated rings. The highest BCUT2D eigenvalue weighted by Crippen LogP contribution is 2.32. The zero-order valence-electron chi connectivity index (χ0n) is 17.1. The number of amides is 1. The lowest BCUT2D eigenvalue weighted by Crippen LogP contribution is -2.48. The Morgan fingerprint density at radius 2 is 1.59 bits per heavy atom. The zero-order valence-corrected chi connectivity index (χ0v) is 17.1. The number of anilines is 1. The number of fused-ring (bicyclic) bond motifs is 3. The standard InChI is InChI=1S/C25H20F3N3O/c26-25(27,28)18-6-3-7-19(16-18)30-11-13-31(14-12-30)24(32)22-15-17-5-1-2-8-20(17)21-9-4-10-29-23(21)22/h1-10,15-16H,11-14H2. The summed E-state index contributed by atoms with van der Waals surface area (Å²) in [6.07, 6.45) is -2.70. The topological polar surface area (TPSA) is 36.4 Å². The SMILES string of the molecule is O=C(c1cc2ccccc2c2cccnc12)N1CCN(c2cccc(C(F)(F)F)c2)CC1. The number of rotatable bonds is 2. The van der Waals surface area contributed by atoms with Crippen molar-refractivity contribution in [3.63, 3.8) is 0 Å². The Balaban J connectivity index is 1.40. The van der Waals surface area contributed by atoms with E-state index < -0.39 is 11.7 Å². The average molecular weight is 435 g/mol. The summed E-state index contributed by atoms with van der Waals surface area (Å²) in [4.78, 5) is 21.5. The molecule has 0 atom stereocenters. The number of carbonyl (C=O) groups excluding carboxylic acids is 1. The van der Waals surface area contributed by atoms with Crippen LogP contribution in [0.4, 0.5) is 18.9 Å².